The lowest BCUT2D eigenvalue weighted by Crippen LogP contribution is -2.44. The van der Waals surface area contributed by atoms with Crippen LogP contribution < -0.4 is 0 Å². The van der Waals surface area contributed by atoms with Crippen molar-refractivity contribution in [1.82, 2.24) is 0 Å². The lowest BCUT2D eigenvalue weighted by Gasteiger charge is -2.44. The summed E-state index contributed by atoms with van der Waals surface area (Å²) < 4.78 is 5.48. The predicted octanol–water partition coefficient (Wildman–Crippen LogP) is 3.31. The van der Waals surface area contributed by atoms with Gasteiger partial charge in [0.25, 0.3) is 0 Å². The molecule has 1 N–H and O–H groups in total. The topological polar surface area (TPSA) is 33.4 Å². The molecular weight excluding hydrogens is 200 g/mol. The van der Waals surface area contributed by atoms with Gasteiger partial charge >= 0.3 is 0 Å². The predicted molar refractivity (Wildman–Crippen MR) is 61.8 cm³/mol. The maximum Gasteiger partial charge on any atom is 0.135 e. The molecule has 0 spiro atoms. The SMILES string of the molecule is CC1(C)[C@@H]2CC[C@@]1(C)[C@@](O)(c1ccco1)C2. The van der Waals surface area contributed by atoms with Crippen molar-refractivity contribution >= 4 is 0 Å². The van der Waals surface area contributed by atoms with Gasteiger partial charge in [0.2, 0.25) is 0 Å². The molecule has 16 heavy (non-hydrogen) atoms. The monoisotopic (exact) mass is 220 g/mol. The lowest BCUT2D eigenvalue weighted by atomic mass is 9.64. The molecule has 2 nitrogen and oxygen atoms in total. The van der Waals surface area contributed by atoms with Crippen molar-refractivity contribution in [3.05, 3.63) is 24.2 Å². The molecule has 3 rings (SSSR count). The number of furan rings is 1. The van der Waals surface area contributed by atoms with Crippen molar-refractivity contribution in [2.45, 2.75) is 45.6 Å². The van der Waals surface area contributed by atoms with Gasteiger partial charge in [-0.25, -0.2) is 0 Å². The number of hydrogen-bond acceptors (Lipinski definition) is 2. The van der Waals surface area contributed by atoms with Gasteiger partial charge in [-0.3, -0.25) is 0 Å². The highest BCUT2D eigenvalue weighted by molar-refractivity contribution is 5.25. The number of rotatable bonds is 1. The molecule has 3 atom stereocenters. The van der Waals surface area contributed by atoms with Gasteiger partial charge in [0.1, 0.15) is 11.4 Å². The Balaban J connectivity index is 2.13. The fourth-order valence-corrected chi connectivity index (χ4v) is 4.16. The van der Waals surface area contributed by atoms with E-state index in [9.17, 15) is 5.11 Å². The van der Waals surface area contributed by atoms with E-state index in [0.717, 1.165) is 18.6 Å². The number of fused-ring (bicyclic) bond motifs is 2. The third-order valence-corrected chi connectivity index (χ3v) is 5.82. The molecule has 1 aromatic rings. The summed E-state index contributed by atoms with van der Waals surface area (Å²) in [6, 6.07) is 3.79. The van der Waals surface area contributed by atoms with Crippen molar-refractivity contribution in [2.24, 2.45) is 16.7 Å². The van der Waals surface area contributed by atoms with Crippen molar-refractivity contribution in [2.75, 3.05) is 0 Å². The minimum atomic E-state index is -0.761. The molecule has 2 aliphatic carbocycles. The van der Waals surface area contributed by atoms with Crippen LogP contribution in [0.15, 0.2) is 22.8 Å². The Hall–Kier alpha value is -0.760. The Morgan fingerprint density at radius 1 is 1.38 bits per heavy atom. The summed E-state index contributed by atoms with van der Waals surface area (Å²) in [5.41, 5.74) is -0.611. The Labute approximate surface area is 96.7 Å². The van der Waals surface area contributed by atoms with Crippen LogP contribution in [0.5, 0.6) is 0 Å². The molecule has 0 aliphatic heterocycles. The fourth-order valence-electron chi connectivity index (χ4n) is 4.16. The van der Waals surface area contributed by atoms with Gasteiger partial charge in [0.15, 0.2) is 0 Å². The van der Waals surface area contributed by atoms with Crippen molar-refractivity contribution in [1.29, 1.82) is 0 Å². The summed E-state index contributed by atoms with van der Waals surface area (Å²) in [6.07, 6.45) is 4.86. The average Bonchev–Trinajstić information content (AvgIpc) is 2.84. The molecule has 0 saturated heterocycles. The van der Waals surface area contributed by atoms with Crippen LogP contribution in [0.25, 0.3) is 0 Å². The molecule has 2 bridgehead atoms. The first-order chi connectivity index (χ1) is 7.42. The Morgan fingerprint density at radius 3 is 2.56 bits per heavy atom. The zero-order valence-corrected chi connectivity index (χ0v) is 10.3. The average molecular weight is 220 g/mol. The molecule has 2 fully saturated rings. The van der Waals surface area contributed by atoms with E-state index in [0.29, 0.717) is 5.92 Å². The van der Waals surface area contributed by atoms with E-state index in [1.165, 1.54) is 6.42 Å². The second-order valence-electron chi connectivity index (χ2n) is 6.33. The second-order valence-corrected chi connectivity index (χ2v) is 6.33. The van der Waals surface area contributed by atoms with Gasteiger partial charge in [-0.05, 0) is 42.7 Å². The Bertz CT molecular complexity index is 406. The zero-order valence-electron chi connectivity index (χ0n) is 10.3. The smallest absolute Gasteiger partial charge is 0.135 e. The van der Waals surface area contributed by atoms with Gasteiger partial charge in [0.05, 0.1) is 6.26 Å². The van der Waals surface area contributed by atoms with Crippen LogP contribution in [0.4, 0.5) is 0 Å². The molecule has 2 aliphatic rings. The third kappa shape index (κ3) is 0.889. The van der Waals surface area contributed by atoms with Crippen molar-refractivity contribution in [3.63, 3.8) is 0 Å². The van der Waals surface area contributed by atoms with Crippen LogP contribution >= 0.6 is 0 Å². The van der Waals surface area contributed by atoms with E-state index in [2.05, 4.69) is 20.8 Å². The zero-order chi connectivity index (χ0) is 11.6. The van der Waals surface area contributed by atoms with Gasteiger partial charge in [-0.15, -0.1) is 0 Å². The second kappa shape index (κ2) is 2.73. The highest BCUT2D eigenvalue weighted by atomic mass is 16.4. The molecule has 0 unspecified atom stereocenters. The quantitative estimate of drug-likeness (QED) is 0.787. The normalized spacial score (nSPS) is 45.1. The highest BCUT2D eigenvalue weighted by Gasteiger charge is 2.69. The van der Waals surface area contributed by atoms with Crippen LogP contribution in [0, 0.1) is 16.7 Å². The van der Waals surface area contributed by atoms with E-state index in [1.54, 1.807) is 6.26 Å². The summed E-state index contributed by atoms with van der Waals surface area (Å²) in [5.74, 6) is 1.37. The van der Waals surface area contributed by atoms with E-state index >= 15 is 0 Å². The lowest BCUT2D eigenvalue weighted by molar-refractivity contribution is -0.109. The fraction of sp³-hybridized carbons (Fsp3) is 0.714. The molecule has 1 heterocycles. The van der Waals surface area contributed by atoms with E-state index in [1.807, 2.05) is 12.1 Å². The molecule has 88 valence electrons. The Morgan fingerprint density at radius 2 is 2.12 bits per heavy atom. The molecular formula is C14H20O2. The largest absolute Gasteiger partial charge is 0.466 e. The molecule has 0 radical (unpaired) electrons. The standard InChI is InChI=1S/C14H20O2/c1-12(2)10-6-7-13(12,3)14(15,9-10)11-5-4-8-16-11/h4-5,8,10,15H,6-7,9H2,1-3H3/t10-,13-,14+/m1/s1. The molecule has 0 aromatic carbocycles. The molecule has 2 saturated carbocycles. The summed E-state index contributed by atoms with van der Waals surface area (Å²) >= 11 is 0. The third-order valence-electron chi connectivity index (χ3n) is 5.82. The van der Waals surface area contributed by atoms with Crippen LogP contribution in [0.3, 0.4) is 0 Å². The van der Waals surface area contributed by atoms with Crippen LogP contribution in [-0.4, -0.2) is 5.11 Å². The molecule has 2 heteroatoms. The minimum absolute atomic E-state index is 0.0531. The van der Waals surface area contributed by atoms with Gasteiger partial charge in [-0.2, -0.15) is 0 Å². The van der Waals surface area contributed by atoms with Gasteiger partial charge in [-0.1, -0.05) is 20.8 Å². The maximum atomic E-state index is 11.0. The van der Waals surface area contributed by atoms with E-state index in [-0.39, 0.29) is 10.8 Å². The number of hydrogen-bond donors (Lipinski definition) is 1. The van der Waals surface area contributed by atoms with E-state index < -0.39 is 5.60 Å². The van der Waals surface area contributed by atoms with Crippen LogP contribution in [-0.2, 0) is 5.60 Å². The molecule has 1 aromatic heterocycles. The minimum Gasteiger partial charge on any atom is -0.466 e. The summed E-state index contributed by atoms with van der Waals surface area (Å²) in [4.78, 5) is 0. The van der Waals surface area contributed by atoms with E-state index in [4.69, 9.17) is 4.42 Å². The molecule has 0 amide bonds. The first kappa shape index (κ1) is 10.4. The maximum absolute atomic E-state index is 11.0. The van der Waals surface area contributed by atoms with Crippen LogP contribution in [0.2, 0.25) is 0 Å². The first-order valence-electron chi connectivity index (χ1n) is 6.18. The first-order valence-corrected chi connectivity index (χ1v) is 6.18. The summed E-state index contributed by atoms with van der Waals surface area (Å²) in [7, 11) is 0. The van der Waals surface area contributed by atoms with Crippen molar-refractivity contribution in [3.8, 4) is 0 Å². The highest BCUT2D eigenvalue weighted by Crippen LogP contribution is 2.72. The van der Waals surface area contributed by atoms with Gasteiger partial charge < -0.3 is 9.52 Å². The number of aliphatic hydroxyl groups is 1. The Kier molecular flexibility index (Phi) is 1.77. The van der Waals surface area contributed by atoms with Crippen LogP contribution in [0.1, 0.15) is 45.8 Å². The van der Waals surface area contributed by atoms with Gasteiger partial charge in [0, 0.05) is 5.41 Å². The summed E-state index contributed by atoms with van der Waals surface area (Å²) in [6.45, 7) is 6.82. The van der Waals surface area contributed by atoms with Crippen molar-refractivity contribution < 1.29 is 9.52 Å². The summed E-state index contributed by atoms with van der Waals surface area (Å²) in [5, 5.41) is 11.0.